The van der Waals surface area contributed by atoms with Crippen molar-refractivity contribution in [2.24, 2.45) is 0 Å². The van der Waals surface area contributed by atoms with E-state index in [1.807, 2.05) is 4.90 Å². The summed E-state index contributed by atoms with van der Waals surface area (Å²) >= 11 is 0. The second-order valence-corrected chi connectivity index (χ2v) is 6.19. The zero-order valence-electron chi connectivity index (χ0n) is 15.6. The molecule has 28 heavy (non-hydrogen) atoms. The first kappa shape index (κ1) is 19.5. The van der Waals surface area contributed by atoms with Gasteiger partial charge in [0.15, 0.2) is 0 Å². The van der Waals surface area contributed by atoms with Gasteiger partial charge in [0.1, 0.15) is 11.5 Å². The van der Waals surface area contributed by atoms with Crippen molar-refractivity contribution in [3.05, 3.63) is 53.6 Å². The molecule has 0 bridgehead atoms. The SMILES string of the molecule is CCOC(=O)N1CCN(c2nccc(C(=O)NCc3ccccc3F)n2)CC1. The molecule has 1 aromatic carbocycles. The van der Waals surface area contributed by atoms with Gasteiger partial charge in [-0.1, -0.05) is 18.2 Å². The third-order valence-electron chi connectivity index (χ3n) is 4.36. The molecular formula is C19H22FN5O3. The van der Waals surface area contributed by atoms with E-state index >= 15 is 0 Å². The molecule has 2 heterocycles. The lowest BCUT2D eigenvalue weighted by molar-refractivity contribution is 0.0945. The highest BCUT2D eigenvalue weighted by Gasteiger charge is 2.23. The quantitative estimate of drug-likeness (QED) is 0.842. The number of piperazine rings is 1. The predicted molar refractivity (Wildman–Crippen MR) is 100 cm³/mol. The molecule has 0 atom stereocenters. The number of rotatable bonds is 5. The minimum absolute atomic E-state index is 0.0725. The van der Waals surface area contributed by atoms with Crippen LogP contribution in [0.1, 0.15) is 23.0 Å². The second-order valence-electron chi connectivity index (χ2n) is 6.19. The maximum atomic E-state index is 13.7. The first-order valence-corrected chi connectivity index (χ1v) is 9.09. The van der Waals surface area contributed by atoms with Crippen molar-refractivity contribution >= 4 is 17.9 Å². The Hall–Kier alpha value is -3.23. The Morgan fingerprint density at radius 1 is 1.18 bits per heavy atom. The number of carbonyl (C=O) groups excluding carboxylic acids is 2. The first-order chi connectivity index (χ1) is 13.6. The van der Waals surface area contributed by atoms with E-state index in [2.05, 4.69) is 15.3 Å². The van der Waals surface area contributed by atoms with Crippen LogP contribution in [0.5, 0.6) is 0 Å². The van der Waals surface area contributed by atoms with Crippen LogP contribution in [0.3, 0.4) is 0 Å². The van der Waals surface area contributed by atoms with Crippen molar-refractivity contribution in [2.45, 2.75) is 13.5 Å². The molecule has 1 saturated heterocycles. The van der Waals surface area contributed by atoms with E-state index in [9.17, 15) is 14.0 Å². The number of halogens is 1. The number of amides is 2. The van der Waals surface area contributed by atoms with Gasteiger partial charge in [0.25, 0.3) is 5.91 Å². The molecular weight excluding hydrogens is 365 g/mol. The van der Waals surface area contributed by atoms with E-state index in [-0.39, 0.29) is 24.1 Å². The number of anilines is 1. The zero-order valence-corrected chi connectivity index (χ0v) is 15.6. The highest BCUT2D eigenvalue weighted by atomic mass is 19.1. The summed E-state index contributed by atoms with van der Waals surface area (Å²) < 4.78 is 18.7. The molecule has 3 rings (SSSR count). The Balaban J connectivity index is 1.59. The lowest BCUT2D eigenvalue weighted by Crippen LogP contribution is -2.49. The first-order valence-electron chi connectivity index (χ1n) is 9.09. The van der Waals surface area contributed by atoms with E-state index in [1.54, 1.807) is 30.0 Å². The molecule has 1 N–H and O–H groups in total. The standard InChI is InChI=1S/C19H22FN5O3/c1-2-28-19(27)25-11-9-24(10-12-25)18-21-8-7-16(23-18)17(26)22-13-14-5-3-4-6-15(14)20/h3-8H,2,9-13H2,1H3,(H,22,26). The third kappa shape index (κ3) is 4.73. The highest BCUT2D eigenvalue weighted by Crippen LogP contribution is 2.12. The zero-order chi connectivity index (χ0) is 19.9. The Bertz CT molecular complexity index is 840. The van der Waals surface area contributed by atoms with Gasteiger partial charge in [-0.05, 0) is 19.1 Å². The molecule has 0 unspecified atom stereocenters. The van der Waals surface area contributed by atoms with Crippen molar-refractivity contribution < 1.29 is 18.7 Å². The van der Waals surface area contributed by atoms with Gasteiger partial charge < -0.3 is 19.9 Å². The molecule has 1 aliphatic rings. The maximum Gasteiger partial charge on any atom is 0.409 e. The monoisotopic (exact) mass is 387 g/mol. The fourth-order valence-corrected chi connectivity index (χ4v) is 2.84. The van der Waals surface area contributed by atoms with E-state index in [4.69, 9.17) is 4.74 Å². The van der Waals surface area contributed by atoms with Gasteiger partial charge in [-0.25, -0.2) is 19.2 Å². The summed E-state index contributed by atoms with van der Waals surface area (Å²) in [6.45, 7) is 4.25. The van der Waals surface area contributed by atoms with Crippen molar-refractivity contribution in [2.75, 3.05) is 37.7 Å². The van der Waals surface area contributed by atoms with Crippen LogP contribution in [-0.2, 0) is 11.3 Å². The van der Waals surface area contributed by atoms with Crippen LogP contribution < -0.4 is 10.2 Å². The van der Waals surface area contributed by atoms with E-state index in [0.717, 1.165) is 0 Å². The Morgan fingerprint density at radius 3 is 2.64 bits per heavy atom. The summed E-state index contributed by atoms with van der Waals surface area (Å²) in [7, 11) is 0. The summed E-state index contributed by atoms with van der Waals surface area (Å²) in [6.07, 6.45) is 1.18. The highest BCUT2D eigenvalue weighted by molar-refractivity contribution is 5.92. The third-order valence-corrected chi connectivity index (χ3v) is 4.36. The van der Waals surface area contributed by atoms with Crippen LogP contribution in [0, 0.1) is 5.82 Å². The van der Waals surface area contributed by atoms with Gasteiger partial charge in [-0.15, -0.1) is 0 Å². The molecule has 1 aromatic heterocycles. The van der Waals surface area contributed by atoms with Crippen molar-refractivity contribution in [3.8, 4) is 0 Å². The molecule has 2 amide bonds. The van der Waals surface area contributed by atoms with Crippen molar-refractivity contribution in [1.82, 2.24) is 20.2 Å². The largest absolute Gasteiger partial charge is 0.450 e. The Labute approximate surface area is 162 Å². The topological polar surface area (TPSA) is 87.7 Å². The Kier molecular flexibility index (Phi) is 6.36. The van der Waals surface area contributed by atoms with Crippen LogP contribution in [-0.4, -0.2) is 59.7 Å². The average Bonchev–Trinajstić information content (AvgIpc) is 2.73. The molecule has 2 aromatic rings. The van der Waals surface area contributed by atoms with Crippen LogP contribution in [0.4, 0.5) is 15.1 Å². The molecule has 0 radical (unpaired) electrons. The predicted octanol–water partition coefficient (Wildman–Crippen LogP) is 1.82. The molecule has 1 aliphatic heterocycles. The molecule has 9 heteroatoms. The molecule has 0 aliphatic carbocycles. The summed E-state index contributed by atoms with van der Waals surface area (Å²) in [6, 6.07) is 7.78. The molecule has 1 fully saturated rings. The lowest BCUT2D eigenvalue weighted by atomic mass is 10.2. The maximum absolute atomic E-state index is 13.7. The summed E-state index contributed by atoms with van der Waals surface area (Å²) in [5.41, 5.74) is 0.606. The normalized spacial score (nSPS) is 13.9. The minimum atomic E-state index is -0.405. The number of ether oxygens (including phenoxy) is 1. The van der Waals surface area contributed by atoms with E-state index < -0.39 is 5.91 Å². The number of benzene rings is 1. The number of hydrogen-bond donors (Lipinski definition) is 1. The number of nitrogens with one attached hydrogen (secondary N) is 1. The lowest BCUT2D eigenvalue weighted by Gasteiger charge is -2.34. The number of aromatic nitrogens is 2. The van der Waals surface area contributed by atoms with E-state index in [1.165, 1.54) is 18.3 Å². The average molecular weight is 387 g/mol. The fourth-order valence-electron chi connectivity index (χ4n) is 2.84. The Morgan fingerprint density at radius 2 is 1.93 bits per heavy atom. The number of hydrogen-bond acceptors (Lipinski definition) is 6. The van der Waals surface area contributed by atoms with Gasteiger partial charge in [-0.2, -0.15) is 0 Å². The van der Waals surface area contributed by atoms with Crippen molar-refractivity contribution in [3.63, 3.8) is 0 Å². The van der Waals surface area contributed by atoms with Gasteiger partial charge in [0, 0.05) is 44.5 Å². The van der Waals surface area contributed by atoms with Crippen molar-refractivity contribution in [1.29, 1.82) is 0 Å². The van der Waals surface area contributed by atoms with Gasteiger partial charge in [-0.3, -0.25) is 4.79 Å². The second kappa shape index (κ2) is 9.12. The van der Waals surface area contributed by atoms with Crippen LogP contribution in [0.25, 0.3) is 0 Å². The van der Waals surface area contributed by atoms with Crippen LogP contribution in [0.15, 0.2) is 36.5 Å². The van der Waals surface area contributed by atoms with Gasteiger partial charge in [0.05, 0.1) is 6.61 Å². The summed E-state index contributed by atoms with van der Waals surface area (Å²) in [5.74, 6) is -0.357. The minimum Gasteiger partial charge on any atom is -0.450 e. The van der Waals surface area contributed by atoms with Crippen LogP contribution >= 0.6 is 0 Å². The fraction of sp³-hybridized carbons (Fsp3) is 0.368. The van der Waals surface area contributed by atoms with Crippen LogP contribution in [0.2, 0.25) is 0 Å². The van der Waals surface area contributed by atoms with Gasteiger partial charge >= 0.3 is 6.09 Å². The number of carbonyl (C=O) groups is 2. The summed E-state index contributed by atoms with van der Waals surface area (Å²) in [4.78, 5) is 36.2. The molecule has 0 spiro atoms. The number of nitrogens with zero attached hydrogens (tertiary/aromatic N) is 4. The smallest absolute Gasteiger partial charge is 0.409 e. The molecule has 8 nitrogen and oxygen atoms in total. The summed E-state index contributed by atoms with van der Waals surface area (Å²) in [5, 5.41) is 2.67. The molecule has 148 valence electrons. The molecule has 0 saturated carbocycles. The van der Waals surface area contributed by atoms with E-state index in [0.29, 0.717) is 44.3 Å². The van der Waals surface area contributed by atoms with Gasteiger partial charge in [0.2, 0.25) is 5.95 Å².